The quantitative estimate of drug-likeness (QED) is 0.916. The van der Waals surface area contributed by atoms with Crippen LogP contribution >= 0.6 is 11.6 Å². The Labute approximate surface area is 138 Å². The van der Waals surface area contributed by atoms with E-state index in [0.717, 1.165) is 18.7 Å². The number of halogens is 1. The van der Waals surface area contributed by atoms with Gasteiger partial charge in [0.15, 0.2) is 5.82 Å². The minimum atomic E-state index is -0.146. The van der Waals surface area contributed by atoms with Gasteiger partial charge in [0.1, 0.15) is 12.4 Å². The van der Waals surface area contributed by atoms with Gasteiger partial charge in [0.25, 0.3) is 5.91 Å². The summed E-state index contributed by atoms with van der Waals surface area (Å²) in [4.78, 5) is 18.4. The highest BCUT2D eigenvalue weighted by Gasteiger charge is 2.29. The first-order valence-electron chi connectivity index (χ1n) is 7.49. The number of carbonyl (C=O) groups excluding carboxylic acids is 1. The van der Waals surface area contributed by atoms with Gasteiger partial charge in [0.05, 0.1) is 10.6 Å². The molecule has 1 N–H and O–H groups in total. The van der Waals surface area contributed by atoms with Crippen LogP contribution in [0, 0.1) is 0 Å². The molecule has 7 nitrogen and oxygen atoms in total. The van der Waals surface area contributed by atoms with Gasteiger partial charge in [-0.2, -0.15) is 0 Å². The molecule has 0 bridgehead atoms. The van der Waals surface area contributed by atoms with Crippen molar-refractivity contribution in [3.63, 3.8) is 0 Å². The molecule has 0 aliphatic carbocycles. The van der Waals surface area contributed by atoms with E-state index in [-0.39, 0.29) is 18.4 Å². The molecule has 3 heterocycles. The zero-order valence-corrected chi connectivity index (χ0v) is 13.6. The van der Waals surface area contributed by atoms with Gasteiger partial charge in [-0.15, -0.1) is 10.2 Å². The Balaban J connectivity index is 1.78. The molecule has 1 saturated heterocycles. The number of likely N-dealkylation sites (tertiary alicyclic amines) is 1. The first-order chi connectivity index (χ1) is 11.1. The molecule has 2 aromatic rings. The SMILES string of the molecule is Cn1c(CO)nnc1[C@H]1CCCN(C(=O)c2cncc(Cl)c2)C1. The third-order valence-electron chi connectivity index (χ3n) is 4.17. The third kappa shape index (κ3) is 3.20. The molecule has 23 heavy (non-hydrogen) atoms. The summed E-state index contributed by atoms with van der Waals surface area (Å²) in [5.74, 6) is 1.37. The number of pyridine rings is 1. The van der Waals surface area contributed by atoms with Crippen molar-refractivity contribution in [2.24, 2.45) is 7.05 Å². The molecule has 0 spiro atoms. The number of aromatic nitrogens is 4. The third-order valence-corrected chi connectivity index (χ3v) is 4.37. The number of piperidine rings is 1. The summed E-state index contributed by atoms with van der Waals surface area (Å²) < 4.78 is 1.81. The fourth-order valence-corrected chi connectivity index (χ4v) is 3.13. The van der Waals surface area contributed by atoms with Crippen molar-refractivity contribution in [2.75, 3.05) is 13.1 Å². The first-order valence-corrected chi connectivity index (χ1v) is 7.86. The summed E-state index contributed by atoms with van der Waals surface area (Å²) in [5.41, 5.74) is 0.493. The number of rotatable bonds is 3. The molecule has 1 aliphatic heterocycles. The zero-order valence-electron chi connectivity index (χ0n) is 12.8. The average molecular weight is 336 g/mol. The van der Waals surface area contributed by atoms with Crippen molar-refractivity contribution in [3.8, 4) is 0 Å². The predicted molar refractivity (Wildman–Crippen MR) is 84.1 cm³/mol. The standard InChI is InChI=1S/C15H18ClN5O2/c1-20-13(9-22)18-19-14(20)10-3-2-4-21(8-10)15(23)11-5-12(16)7-17-6-11/h5-7,10,22H,2-4,8-9H2,1H3/t10-/m0/s1. The van der Waals surface area contributed by atoms with E-state index in [1.54, 1.807) is 15.5 Å². The molecule has 0 aromatic carbocycles. The second-order valence-electron chi connectivity index (χ2n) is 5.67. The van der Waals surface area contributed by atoms with Crippen LogP contribution in [0.4, 0.5) is 0 Å². The Bertz CT molecular complexity index is 718. The molecule has 8 heteroatoms. The van der Waals surface area contributed by atoms with Crippen LogP contribution in [0.3, 0.4) is 0 Å². The fourth-order valence-electron chi connectivity index (χ4n) is 2.95. The van der Waals surface area contributed by atoms with E-state index < -0.39 is 0 Å². The van der Waals surface area contributed by atoms with E-state index in [1.807, 2.05) is 7.05 Å². The molecule has 1 aliphatic rings. The monoisotopic (exact) mass is 335 g/mol. The van der Waals surface area contributed by atoms with Gasteiger partial charge in [-0.05, 0) is 18.9 Å². The summed E-state index contributed by atoms with van der Waals surface area (Å²) in [6.45, 7) is 1.13. The fraction of sp³-hybridized carbons (Fsp3) is 0.467. The summed E-state index contributed by atoms with van der Waals surface area (Å²) in [6, 6.07) is 1.63. The molecule has 3 rings (SSSR count). The van der Waals surface area contributed by atoms with Crippen LogP contribution in [0.25, 0.3) is 0 Å². The molecule has 0 saturated carbocycles. The summed E-state index contributed by atoms with van der Waals surface area (Å²) in [5, 5.41) is 17.8. The molecular formula is C15H18ClN5O2. The van der Waals surface area contributed by atoms with Crippen LogP contribution in [0.5, 0.6) is 0 Å². The lowest BCUT2D eigenvalue weighted by atomic mass is 9.96. The van der Waals surface area contributed by atoms with Crippen molar-refractivity contribution in [1.29, 1.82) is 0 Å². The van der Waals surface area contributed by atoms with Gasteiger partial charge in [-0.1, -0.05) is 11.6 Å². The summed E-state index contributed by atoms with van der Waals surface area (Å²) in [6.07, 6.45) is 4.87. The van der Waals surface area contributed by atoms with E-state index >= 15 is 0 Å². The maximum Gasteiger partial charge on any atom is 0.255 e. The number of nitrogens with zero attached hydrogens (tertiary/aromatic N) is 5. The van der Waals surface area contributed by atoms with E-state index in [2.05, 4.69) is 15.2 Å². The van der Waals surface area contributed by atoms with Gasteiger partial charge in [-0.25, -0.2) is 0 Å². The number of aliphatic hydroxyl groups excluding tert-OH is 1. The molecule has 1 fully saturated rings. The highest BCUT2D eigenvalue weighted by atomic mass is 35.5. The lowest BCUT2D eigenvalue weighted by Gasteiger charge is -2.32. The Hall–Kier alpha value is -1.99. The molecule has 1 atom stereocenters. The van der Waals surface area contributed by atoms with Gasteiger partial charge in [-0.3, -0.25) is 9.78 Å². The number of amides is 1. The molecule has 0 unspecified atom stereocenters. The van der Waals surface area contributed by atoms with Gasteiger partial charge >= 0.3 is 0 Å². The molecule has 1 amide bonds. The van der Waals surface area contributed by atoms with Crippen molar-refractivity contribution in [2.45, 2.75) is 25.4 Å². The lowest BCUT2D eigenvalue weighted by Crippen LogP contribution is -2.39. The van der Waals surface area contributed by atoms with E-state index in [0.29, 0.717) is 29.5 Å². The van der Waals surface area contributed by atoms with Crippen LogP contribution in [0.1, 0.15) is 40.8 Å². The second kappa shape index (κ2) is 6.64. The summed E-state index contributed by atoms with van der Waals surface area (Å²) >= 11 is 5.91. The van der Waals surface area contributed by atoms with E-state index in [9.17, 15) is 9.90 Å². The Morgan fingerprint density at radius 3 is 2.96 bits per heavy atom. The van der Waals surface area contributed by atoms with Gasteiger partial charge in [0, 0.05) is 38.4 Å². The highest BCUT2D eigenvalue weighted by molar-refractivity contribution is 6.30. The van der Waals surface area contributed by atoms with Crippen molar-refractivity contribution < 1.29 is 9.90 Å². The number of aliphatic hydroxyl groups is 1. The lowest BCUT2D eigenvalue weighted by molar-refractivity contribution is 0.0703. The predicted octanol–water partition coefficient (Wildman–Crippen LogP) is 1.38. The van der Waals surface area contributed by atoms with Crippen molar-refractivity contribution in [3.05, 3.63) is 40.7 Å². The van der Waals surface area contributed by atoms with Crippen LogP contribution in [-0.4, -0.2) is 48.8 Å². The number of hydrogen-bond donors (Lipinski definition) is 1. The molecular weight excluding hydrogens is 318 g/mol. The van der Waals surface area contributed by atoms with Gasteiger partial charge < -0.3 is 14.6 Å². The maximum atomic E-state index is 12.6. The Kier molecular flexibility index (Phi) is 4.58. The second-order valence-corrected chi connectivity index (χ2v) is 6.11. The minimum Gasteiger partial charge on any atom is -0.388 e. The van der Waals surface area contributed by atoms with Crippen LogP contribution in [0.15, 0.2) is 18.5 Å². The largest absolute Gasteiger partial charge is 0.388 e. The smallest absolute Gasteiger partial charge is 0.255 e. The first kappa shape index (κ1) is 15.9. The molecule has 122 valence electrons. The topological polar surface area (TPSA) is 84.1 Å². The van der Waals surface area contributed by atoms with Crippen LogP contribution in [-0.2, 0) is 13.7 Å². The molecule has 0 radical (unpaired) electrons. The highest BCUT2D eigenvalue weighted by Crippen LogP contribution is 2.27. The van der Waals surface area contributed by atoms with Gasteiger partial charge in [0.2, 0.25) is 0 Å². The normalized spacial score (nSPS) is 18.2. The number of carbonyl (C=O) groups is 1. The Morgan fingerprint density at radius 1 is 1.43 bits per heavy atom. The van der Waals surface area contributed by atoms with Crippen LogP contribution < -0.4 is 0 Å². The summed E-state index contributed by atoms with van der Waals surface area (Å²) in [7, 11) is 1.84. The van der Waals surface area contributed by atoms with Crippen LogP contribution in [0.2, 0.25) is 5.02 Å². The van der Waals surface area contributed by atoms with E-state index in [1.165, 1.54) is 12.4 Å². The minimum absolute atomic E-state index is 0.0748. The Morgan fingerprint density at radius 2 is 2.26 bits per heavy atom. The average Bonchev–Trinajstić information content (AvgIpc) is 2.95. The molecule has 2 aromatic heterocycles. The zero-order chi connectivity index (χ0) is 16.4. The van der Waals surface area contributed by atoms with E-state index in [4.69, 9.17) is 11.6 Å². The van der Waals surface area contributed by atoms with Crippen molar-refractivity contribution >= 4 is 17.5 Å². The van der Waals surface area contributed by atoms with Crippen molar-refractivity contribution in [1.82, 2.24) is 24.6 Å². The number of hydrogen-bond acceptors (Lipinski definition) is 5. The maximum absolute atomic E-state index is 12.6.